The van der Waals surface area contributed by atoms with E-state index in [4.69, 9.17) is 4.74 Å². The number of carbonyl (C=O) groups is 4. The highest BCUT2D eigenvalue weighted by Crippen LogP contribution is 2.63. The molecule has 4 amide bonds. The van der Waals surface area contributed by atoms with Gasteiger partial charge >= 0.3 is 0 Å². The molecule has 1 saturated carbocycles. The third-order valence-electron chi connectivity index (χ3n) is 12.6. The fourth-order valence-corrected chi connectivity index (χ4v) is 10.2. The third-order valence-corrected chi connectivity index (χ3v) is 12.6. The molecular formula is C42H41N3O6. The molecule has 2 aliphatic carbocycles. The van der Waals surface area contributed by atoms with Crippen LogP contribution in [-0.4, -0.2) is 57.7 Å². The van der Waals surface area contributed by atoms with Crippen LogP contribution >= 0.6 is 0 Å². The van der Waals surface area contributed by atoms with Gasteiger partial charge in [-0.1, -0.05) is 60.2 Å². The minimum atomic E-state index is -1.14. The Hall–Kier alpha value is -5.02. The molecule has 4 fully saturated rings. The van der Waals surface area contributed by atoms with E-state index in [1.165, 1.54) is 10.5 Å². The molecule has 0 bridgehead atoms. The molecule has 9 nitrogen and oxygen atoms in total. The van der Waals surface area contributed by atoms with E-state index in [9.17, 15) is 24.3 Å². The number of hydrogen-bond acceptors (Lipinski definition) is 7. The van der Waals surface area contributed by atoms with Crippen LogP contribution in [0.3, 0.4) is 0 Å². The molecular weight excluding hydrogens is 642 g/mol. The van der Waals surface area contributed by atoms with Gasteiger partial charge in [-0.25, -0.2) is 4.90 Å². The number of amides is 4. The number of fused-ring (bicyclic) bond motifs is 5. The summed E-state index contributed by atoms with van der Waals surface area (Å²) in [5, 5.41) is 10.3. The van der Waals surface area contributed by atoms with Crippen LogP contribution in [0.2, 0.25) is 0 Å². The monoisotopic (exact) mass is 683 g/mol. The number of phenols is 1. The molecule has 0 spiro atoms. The van der Waals surface area contributed by atoms with Gasteiger partial charge in [0.25, 0.3) is 0 Å². The van der Waals surface area contributed by atoms with Gasteiger partial charge in [-0.2, -0.15) is 0 Å². The molecule has 4 heterocycles. The predicted octanol–water partition coefficient (Wildman–Crippen LogP) is 5.64. The summed E-state index contributed by atoms with van der Waals surface area (Å²) in [6, 6.07) is 24.2. The number of likely N-dealkylation sites (tertiary alicyclic amines) is 2. The number of allylic oxidation sites excluding steroid dienone is 3. The lowest BCUT2D eigenvalue weighted by Gasteiger charge is -2.50. The van der Waals surface area contributed by atoms with Gasteiger partial charge < -0.3 is 9.84 Å². The zero-order valence-corrected chi connectivity index (χ0v) is 28.6. The second kappa shape index (κ2) is 12.0. The summed E-state index contributed by atoms with van der Waals surface area (Å²) in [5.41, 5.74) is 3.20. The zero-order valence-electron chi connectivity index (χ0n) is 28.6. The largest absolute Gasteiger partial charge is 0.508 e. The molecule has 3 aromatic rings. The van der Waals surface area contributed by atoms with Crippen molar-refractivity contribution < 1.29 is 29.0 Å². The summed E-state index contributed by atoms with van der Waals surface area (Å²) in [4.78, 5) is 63.2. The van der Waals surface area contributed by atoms with E-state index in [-0.39, 0.29) is 41.3 Å². The van der Waals surface area contributed by atoms with Crippen molar-refractivity contribution in [2.75, 3.05) is 18.0 Å². The lowest BCUT2D eigenvalue weighted by molar-refractivity contribution is -0.144. The van der Waals surface area contributed by atoms with Crippen molar-refractivity contribution in [2.24, 2.45) is 35.0 Å². The first-order valence-electron chi connectivity index (χ1n) is 18.2. The van der Waals surface area contributed by atoms with E-state index in [0.29, 0.717) is 30.7 Å². The average molecular weight is 684 g/mol. The molecule has 6 atom stereocenters. The van der Waals surface area contributed by atoms with E-state index in [1.54, 1.807) is 41.5 Å². The minimum absolute atomic E-state index is 0.101. The molecule has 51 heavy (non-hydrogen) atoms. The summed E-state index contributed by atoms with van der Waals surface area (Å²) >= 11 is 0. The minimum Gasteiger partial charge on any atom is -0.508 e. The molecule has 1 N–H and O–H groups in total. The molecule has 4 aliphatic heterocycles. The molecule has 9 heteroatoms. The van der Waals surface area contributed by atoms with Crippen LogP contribution in [0.15, 0.2) is 102 Å². The maximum Gasteiger partial charge on any atom is 0.241 e. The maximum atomic E-state index is 14.7. The highest BCUT2D eigenvalue weighted by atomic mass is 16.5. The molecule has 0 aromatic heterocycles. The van der Waals surface area contributed by atoms with Crippen LogP contribution in [0.1, 0.15) is 43.7 Å². The second-order valence-electron chi connectivity index (χ2n) is 15.3. The van der Waals surface area contributed by atoms with Crippen LogP contribution in [-0.2, 0) is 32.1 Å². The molecule has 0 radical (unpaired) electrons. The number of imide groups is 2. The number of ether oxygens (including phenoxy) is 1. The Morgan fingerprint density at radius 2 is 1.59 bits per heavy atom. The smallest absolute Gasteiger partial charge is 0.241 e. The standard InChI is InChI=1S/C42H41N3O6/c1-42-34(39(48)45(41(42)50)28-10-6-3-7-11-28)22-33-31(37(42)27-20-26-21-30(46)12-15-35(26)51-24-27)13-14-32-36(33)40(49)44(38(32)47)29-16-18-43(19-17-29)23-25-8-4-2-5-9-25/h2-13,15,21,24,29,32-34,36-37,46H,14,16-20,22-23H2,1H3. The number of anilines is 1. The second-order valence-corrected chi connectivity index (χ2v) is 15.3. The van der Waals surface area contributed by atoms with Crippen molar-refractivity contribution >= 4 is 29.3 Å². The number of aromatic hydroxyl groups is 1. The Morgan fingerprint density at radius 3 is 2.33 bits per heavy atom. The van der Waals surface area contributed by atoms with E-state index in [0.717, 1.165) is 49.2 Å². The molecule has 260 valence electrons. The van der Waals surface area contributed by atoms with Crippen LogP contribution in [0.5, 0.6) is 11.5 Å². The molecule has 9 rings (SSSR count). The van der Waals surface area contributed by atoms with Crippen LogP contribution in [0.4, 0.5) is 5.69 Å². The first-order valence-corrected chi connectivity index (χ1v) is 18.2. The molecule has 6 unspecified atom stereocenters. The van der Waals surface area contributed by atoms with Crippen LogP contribution in [0.25, 0.3) is 0 Å². The van der Waals surface area contributed by atoms with Gasteiger partial charge in [-0.15, -0.1) is 0 Å². The number of rotatable bonds is 5. The van der Waals surface area contributed by atoms with Crippen molar-refractivity contribution in [2.45, 2.75) is 51.6 Å². The first kappa shape index (κ1) is 31.9. The summed E-state index contributed by atoms with van der Waals surface area (Å²) in [6.45, 7) is 4.34. The number of hydrogen-bond donors (Lipinski definition) is 1. The van der Waals surface area contributed by atoms with Gasteiger partial charge in [0, 0.05) is 43.6 Å². The molecule has 3 aromatic carbocycles. The van der Waals surface area contributed by atoms with Crippen molar-refractivity contribution in [3.63, 3.8) is 0 Å². The van der Waals surface area contributed by atoms with Crippen molar-refractivity contribution in [1.82, 2.24) is 9.80 Å². The number of para-hydroxylation sites is 1. The molecule has 6 aliphatic rings. The van der Waals surface area contributed by atoms with Crippen LogP contribution < -0.4 is 9.64 Å². The lowest BCUT2D eigenvalue weighted by atomic mass is 9.51. The Balaban J connectivity index is 1.05. The van der Waals surface area contributed by atoms with Gasteiger partial charge in [0.2, 0.25) is 23.6 Å². The van der Waals surface area contributed by atoms with Gasteiger partial charge in [0.05, 0.1) is 35.1 Å². The average Bonchev–Trinajstić information content (AvgIpc) is 3.51. The maximum absolute atomic E-state index is 14.7. The highest BCUT2D eigenvalue weighted by molar-refractivity contribution is 6.24. The van der Waals surface area contributed by atoms with Gasteiger partial charge in [-0.3, -0.25) is 29.0 Å². The Kier molecular flexibility index (Phi) is 7.54. The number of benzene rings is 3. The summed E-state index contributed by atoms with van der Waals surface area (Å²) in [7, 11) is 0. The van der Waals surface area contributed by atoms with Gasteiger partial charge in [0.15, 0.2) is 0 Å². The van der Waals surface area contributed by atoms with E-state index in [1.807, 2.05) is 43.3 Å². The highest BCUT2D eigenvalue weighted by Gasteiger charge is 2.68. The third kappa shape index (κ3) is 4.92. The summed E-state index contributed by atoms with van der Waals surface area (Å²) in [6.07, 6.45) is 6.40. The Morgan fingerprint density at radius 1 is 0.863 bits per heavy atom. The number of carbonyl (C=O) groups excluding carboxylic acids is 4. The Labute approximate surface area is 297 Å². The van der Waals surface area contributed by atoms with Crippen molar-refractivity contribution in [3.05, 3.63) is 113 Å². The lowest BCUT2D eigenvalue weighted by Crippen LogP contribution is -2.51. The Bertz CT molecular complexity index is 2000. The van der Waals surface area contributed by atoms with Gasteiger partial charge in [-0.05, 0) is 80.0 Å². The number of piperidine rings is 1. The van der Waals surface area contributed by atoms with Gasteiger partial charge in [0.1, 0.15) is 11.5 Å². The van der Waals surface area contributed by atoms with Crippen LogP contribution in [0, 0.1) is 35.0 Å². The number of nitrogens with zero attached hydrogens (tertiary/aromatic N) is 3. The van der Waals surface area contributed by atoms with E-state index < -0.39 is 29.1 Å². The normalized spacial score (nSPS) is 30.6. The quantitative estimate of drug-likeness (QED) is 0.274. The summed E-state index contributed by atoms with van der Waals surface area (Å²) in [5.74, 6) is -2.68. The molecule has 3 saturated heterocycles. The SMILES string of the molecule is CC12C(=O)N(c3ccccc3)C(=O)C1CC1C(=CCC3C(=O)N(C4CCN(Cc5ccccc5)CC4)C(=O)C31)C2C1=COc2ccc(O)cc2C1. The van der Waals surface area contributed by atoms with E-state index >= 15 is 0 Å². The fraction of sp³-hybridized carbons (Fsp3) is 0.381. The topological polar surface area (TPSA) is 107 Å². The summed E-state index contributed by atoms with van der Waals surface area (Å²) < 4.78 is 6.11. The number of phenolic OH excluding ortho intramolecular Hbond substituents is 1. The fourth-order valence-electron chi connectivity index (χ4n) is 10.2. The van der Waals surface area contributed by atoms with E-state index in [2.05, 4.69) is 23.1 Å². The van der Waals surface area contributed by atoms with Crippen molar-refractivity contribution in [1.29, 1.82) is 0 Å². The van der Waals surface area contributed by atoms with Crippen molar-refractivity contribution in [3.8, 4) is 11.5 Å². The zero-order chi connectivity index (χ0) is 35.0. The predicted molar refractivity (Wildman–Crippen MR) is 189 cm³/mol. The first-order chi connectivity index (χ1) is 24.7.